The molecule has 1 aromatic carbocycles. The van der Waals surface area contributed by atoms with Crippen LogP contribution in [0.4, 0.5) is 0 Å². The average Bonchev–Trinajstić information content (AvgIpc) is 2.69. The number of hydrogen-bond donors (Lipinski definition) is 0. The summed E-state index contributed by atoms with van der Waals surface area (Å²) in [5.74, 6) is 0.801. The molecule has 4 nitrogen and oxygen atoms in total. The topological polar surface area (TPSA) is 58.3 Å². The maximum Gasteiger partial charge on any atom is 0.161 e. The molecule has 0 saturated heterocycles. The smallest absolute Gasteiger partial charge is 0.161 e. The Hall–Kier alpha value is -2.67. The van der Waals surface area contributed by atoms with Crippen LogP contribution in [0.1, 0.15) is 22.6 Å². The number of pyridine rings is 1. The number of fused-ring (bicyclic) bond motifs is 1. The van der Waals surface area contributed by atoms with Gasteiger partial charge in [0.1, 0.15) is 6.07 Å². The van der Waals surface area contributed by atoms with Crippen LogP contribution in [-0.4, -0.2) is 11.2 Å². The highest BCUT2D eigenvalue weighted by atomic mass is 16.6. The van der Waals surface area contributed by atoms with E-state index in [0.717, 1.165) is 23.3 Å². The van der Waals surface area contributed by atoms with Crippen LogP contribution in [0.3, 0.4) is 0 Å². The van der Waals surface area contributed by atoms with Gasteiger partial charge in [-0.15, -0.1) is 0 Å². The summed E-state index contributed by atoms with van der Waals surface area (Å²) in [6.07, 6.45) is 5.79. The summed E-state index contributed by atoms with van der Waals surface area (Å²) in [6.45, 7) is 0. The Balaban J connectivity index is 2.01. The van der Waals surface area contributed by atoms with Gasteiger partial charge in [0.05, 0.1) is 11.8 Å². The van der Waals surface area contributed by atoms with Crippen LogP contribution in [0.2, 0.25) is 0 Å². The summed E-state index contributed by atoms with van der Waals surface area (Å²) in [7, 11) is 0. The van der Waals surface area contributed by atoms with Gasteiger partial charge in [0.25, 0.3) is 0 Å². The number of aromatic nitrogens is 1. The minimum absolute atomic E-state index is 0.0290. The number of nitrogens with zero attached hydrogens (tertiary/aromatic N) is 3. The summed E-state index contributed by atoms with van der Waals surface area (Å²) in [4.78, 5) is 9.33. The van der Waals surface area contributed by atoms with E-state index in [4.69, 9.17) is 10.1 Å². The van der Waals surface area contributed by atoms with Crippen LogP contribution < -0.4 is 4.84 Å². The average molecular weight is 249 g/mol. The second-order valence-corrected chi connectivity index (χ2v) is 4.34. The number of benzene rings is 1. The number of oxime groups is 1. The van der Waals surface area contributed by atoms with Crippen LogP contribution in [0.25, 0.3) is 0 Å². The first kappa shape index (κ1) is 11.4. The van der Waals surface area contributed by atoms with Crippen molar-refractivity contribution in [3.05, 3.63) is 59.4 Å². The van der Waals surface area contributed by atoms with E-state index >= 15 is 0 Å². The molecule has 1 atom stereocenters. The molecule has 92 valence electrons. The largest absolute Gasteiger partial charge is 0.357 e. The summed E-state index contributed by atoms with van der Waals surface area (Å²) in [5, 5.41) is 13.1. The minimum Gasteiger partial charge on any atom is -0.357 e. The zero-order chi connectivity index (χ0) is 13.1. The molecule has 0 amide bonds. The number of nitriles is 1. The maximum atomic E-state index is 9.15. The van der Waals surface area contributed by atoms with Crippen molar-refractivity contribution in [2.75, 3.05) is 0 Å². The lowest BCUT2D eigenvalue weighted by Gasteiger charge is -2.11. The highest BCUT2D eigenvalue weighted by molar-refractivity contribution is 5.70. The lowest BCUT2D eigenvalue weighted by atomic mass is 9.91. The Kier molecular flexibility index (Phi) is 2.95. The highest BCUT2D eigenvalue weighted by Crippen LogP contribution is 2.29. The van der Waals surface area contributed by atoms with E-state index in [0.29, 0.717) is 5.56 Å². The Morgan fingerprint density at radius 3 is 3.05 bits per heavy atom. The van der Waals surface area contributed by atoms with Gasteiger partial charge in [0.15, 0.2) is 5.75 Å². The van der Waals surface area contributed by atoms with Crippen molar-refractivity contribution < 1.29 is 4.84 Å². The van der Waals surface area contributed by atoms with Gasteiger partial charge in [-0.1, -0.05) is 23.4 Å². The molecule has 0 bridgehead atoms. The molecule has 3 rings (SSSR count). The van der Waals surface area contributed by atoms with E-state index in [2.05, 4.69) is 16.2 Å². The molecule has 1 aliphatic rings. The highest BCUT2D eigenvalue weighted by Gasteiger charge is 2.19. The molecule has 2 heterocycles. The van der Waals surface area contributed by atoms with Gasteiger partial charge in [-0.2, -0.15) is 5.26 Å². The fourth-order valence-electron chi connectivity index (χ4n) is 2.22. The molecule has 0 spiro atoms. The fraction of sp³-hybridized carbons (Fsp3) is 0.133. The minimum atomic E-state index is 0.0290. The second-order valence-electron chi connectivity index (χ2n) is 4.34. The van der Waals surface area contributed by atoms with Crippen molar-refractivity contribution in [3.8, 4) is 11.8 Å². The van der Waals surface area contributed by atoms with Crippen LogP contribution >= 0.6 is 0 Å². The standard InChI is InChI=1S/C15H11N3O/c16-8-13-9-17-6-5-14(13)12-7-11-3-1-2-4-15(11)19-18-10-12/h1-6,9-10,12H,7H2. The molecular weight excluding hydrogens is 238 g/mol. The zero-order valence-corrected chi connectivity index (χ0v) is 10.2. The van der Waals surface area contributed by atoms with Crippen molar-refractivity contribution in [2.45, 2.75) is 12.3 Å². The van der Waals surface area contributed by atoms with E-state index < -0.39 is 0 Å². The second kappa shape index (κ2) is 4.91. The van der Waals surface area contributed by atoms with Gasteiger partial charge in [0.2, 0.25) is 0 Å². The third-order valence-electron chi connectivity index (χ3n) is 3.18. The maximum absolute atomic E-state index is 9.15. The third kappa shape index (κ3) is 2.18. The van der Waals surface area contributed by atoms with E-state index in [-0.39, 0.29) is 5.92 Å². The monoisotopic (exact) mass is 249 g/mol. The van der Waals surface area contributed by atoms with Gasteiger partial charge < -0.3 is 4.84 Å². The SMILES string of the molecule is N#Cc1cnccc1C1C=NOc2ccccc2C1. The Labute approximate surface area is 111 Å². The van der Waals surface area contributed by atoms with Crippen molar-refractivity contribution in [1.82, 2.24) is 4.98 Å². The van der Waals surface area contributed by atoms with E-state index in [1.165, 1.54) is 0 Å². The fourth-order valence-corrected chi connectivity index (χ4v) is 2.22. The molecule has 1 aromatic heterocycles. The summed E-state index contributed by atoms with van der Waals surface area (Å²) >= 11 is 0. The summed E-state index contributed by atoms with van der Waals surface area (Å²) < 4.78 is 0. The molecule has 0 radical (unpaired) electrons. The first-order chi connectivity index (χ1) is 9.38. The molecule has 0 N–H and O–H groups in total. The van der Waals surface area contributed by atoms with Crippen LogP contribution in [0, 0.1) is 11.3 Å². The van der Waals surface area contributed by atoms with Crippen molar-refractivity contribution in [3.63, 3.8) is 0 Å². The molecule has 4 heteroatoms. The van der Waals surface area contributed by atoms with E-state index in [9.17, 15) is 0 Å². The zero-order valence-electron chi connectivity index (χ0n) is 10.2. The molecule has 0 saturated carbocycles. The molecule has 0 aliphatic carbocycles. The molecule has 0 fully saturated rings. The lowest BCUT2D eigenvalue weighted by molar-refractivity contribution is 0.343. The van der Waals surface area contributed by atoms with Crippen LogP contribution in [-0.2, 0) is 6.42 Å². The predicted octanol–water partition coefficient (Wildman–Crippen LogP) is 2.66. The quantitative estimate of drug-likeness (QED) is 0.780. The first-order valence-corrected chi connectivity index (χ1v) is 6.01. The van der Waals surface area contributed by atoms with E-state index in [1.54, 1.807) is 18.6 Å². The van der Waals surface area contributed by atoms with Crippen LogP contribution in [0.5, 0.6) is 5.75 Å². The summed E-state index contributed by atoms with van der Waals surface area (Å²) in [6, 6.07) is 11.8. The van der Waals surface area contributed by atoms with Gasteiger partial charge in [-0.25, -0.2) is 0 Å². The van der Waals surface area contributed by atoms with Crippen molar-refractivity contribution in [2.24, 2.45) is 5.16 Å². The van der Waals surface area contributed by atoms with Crippen LogP contribution in [0.15, 0.2) is 47.9 Å². The molecule has 19 heavy (non-hydrogen) atoms. The Bertz CT molecular complexity index is 673. The summed E-state index contributed by atoms with van der Waals surface area (Å²) in [5.41, 5.74) is 2.60. The van der Waals surface area contributed by atoms with Gasteiger partial charge >= 0.3 is 0 Å². The van der Waals surface area contributed by atoms with Crippen molar-refractivity contribution >= 4 is 6.21 Å². The molecule has 1 unspecified atom stereocenters. The van der Waals surface area contributed by atoms with Gasteiger partial charge in [0, 0.05) is 18.3 Å². The lowest BCUT2D eigenvalue weighted by Crippen LogP contribution is -2.06. The predicted molar refractivity (Wildman–Crippen MR) is 71.0 cm³/mol. The van der Waals surface area contributed by atoms with Gasteiger partial charge in [-0.05, 0) is 29.7 Å². The van der Waals surface area contributed by atoms with Crippen molar-refractivity contribution in [1.29, 1.82) is 5.26 Å². The molecule has 2 aromatic rings. The molecular formula is C15H11N3O. The molecule has 1 aliphatic heterocycles. The third-order valence-corrected chi connectivity index (χ3v) is 3.18. The number of hydrogen-bond acceptors (Lipinski definition) is 4. The first-order valence-electron chi connectivity index (χ1n) is 6.01. The Morgan fingerprint density at radius 2 is 2.16 bits per heavy atom. The normalized spacial score (nSPS) is 16.9. The number of rotatable bonds is 1. The van der Waals surface area contributed by atoms with Gasteiger partial charge in [-0.3, -0.25) is 4.98 Å². The number of para-hydroxylation sites is 1. The van der Waals surface area contributed by atoms with E-state index in [1.807, 2.05) is 30.3 Å². The Morgan fingerprint density at radius 1 is 1.26 bits per heavy atom.